The molecule has 0 aromatic rings. The predicted molar refractivity (Wildman–Crippen MR) is 32.1 cm³/mol. The molecule has 0 spiro atoms. The number of Topliss-reactive ketones (excluding diaryl/α,β-unsaturated/α-hetero) is 1. The van der Waals surface area contributed by atoms with E-state index >= 15 is 0 Å². The number of hydrogen-bond acceptors (Lipinski definition) is 2. The average Bonchev–Trinajstić information content (AvgIpc) is 1.61. The van der Waals surface area contributed by atoms with Crippen LogP contribution in [0.4, 0.5) is 0 Å². The Kier molecular flexibility index (Phi) is 2.71. The van der Waals surface area contributed by atoms with Crippen molar-refractivity contribution in [2.75, 3.05) is 14.1 Å². The fraction of sp³-hybridized carbons (Fsp3) is 0.500. The summed E-state index contributed by atoms with van der Waals surface area (Å²) >= 11 is 0. The first-order chi connectivity index (χ1) is 3.63. The highest BCUT2D eigenvalue weighted by molar-refractivity contribution is 5.93. The van der Waals surface area contributed by atoms with E-state index in [0.29, 0.717) is 0 Å². The molecule has 0 aromatic carbocycles. The fourth-order valence-corrected chi connectivity index (χ4v) is 0.191. The molecule has 2 nitrogen and oxygen atoms in total. The van der Waals surface area contributed by atoms with Gasteiger partial charge >= 0.3 is 0 Å². The molecule has 0 saturated carbocycles. The molecule has 8 heavy (non-hydrogen) atoms. The first-order valence-electron chi connectivity index (χ1n) is 2.32. The van der Waals surface area contributed by atoms with Gasteiger partial charge in [-0.2, -0.15) is 0 Å². The van der Waals surface area contributed by atoms with Gasteiger partial charge in [0.15, 0.2) is 0 Å². The molecule has 44 valence electrons. The van der Waals surface area contributed by atoms with Crippen LogP contribution in [0.2, 0.25) is 0 Å². The third-order valence-corrected chi connectivity index (χ3v) is 0.456. The summed E-state index contributed by atoms with van der Waals surface area (Å²) in [6, 6.07) is 2.58. The number of carbonyl (C=O) groups excluding carboxylic acids is 1. The molecule has 0 heterocycles. The molecule has 0 amide bonds. The SMILES string of the molecule is CC(=O)C#CN(C)C. The first kappa shape index (κ1) is 7.03. The van der Waals surface area contributed by atoms with Gasteiger partial charge in [0.05, 0.1) is 0 Å². The van der Waals surface area contributed by atoms with Crippen molar-refractivity contribution in [1.29, 1.82) is 0 Å². The van der Waals surface area contributed by atoms with Crippen LogP contribution in [0.5, 0.6) is 0 Å². The van der Waals surface area contributed by atoms with Crippen LogP contribution in [0.15, 0.2) is 0 Å². The minimum Gasteiger partial charge on any atom is -0.338 e. The molecule has 0 radical (unpaired) electrons. The predicted octanol–water partition coefficient (Wildman–Crippen LogP) is 0.0979. The van der Waals surface area contributed by atoms with Gasteiger partial charge in [-0.25, -0.2) is 0 Å². The number of ketones is 1. The van der Waals surface area contributed by atoms with E-state index < -0.39 is 0 Å². The van der Waals surface area contributed by atoms with Gasteiger partial charge in [-0.1, -0.05) is 0 Å². The lowest BCUT2D eigenvalue weighted by Crippen LogP contribution is -2.01. The molecule has 0 aliphatic heterocycles. The number of nitrogens with zero attached hydrogens (tertiary/aromatic N) is 1. The fourth-order valence-electron chi connectivity index (χ4n) is 0.191. The Balaban J connectivity index is 3.68. The molecule has 0 aliphatic rings. The van der Waals surface area contributed by atoms with E-state index in [4.69, 9.17) is 0 Å². The third-order valence-electron chi connectivity index (χ3n) is 0.456. The van der Waals surface area contributed by atoms with Crippen molar-refractivity contribution < 1.29 is 4.79 Å². The second kappa shape index (κ2) is 3.09. The molecule has 0 atom stereocenters. The highest BCUT2D eigenvalue weighted by Crippen LogP contribution is 1.65. The molecule has 0 saturated heterocycles. The largest absolute Gasteiger partial charge is 0.338 e. The minimum atomic E-state index is -0.0984. The zero-order valence-corrected chi connectivity index (χ0v) is 5.36. The van der Waals surface area contributed by atoms with Gasteiger partial charge in [0.25, 0.3) is 0 Å². The Hall–Kier alpha value is -0.970. The number of rotatable bonds is 0. The third kappa shape index (κ3) is 5.03. The van der Waals surface area contributed by atoms with Crippen LogP contribution in [0, 0.1) is 12.0 Å². The van der Waals surface area contributed by atoms with Crippen molar-refractivity contribution in [3.63, 3.8) is 0 Å². The van der Waals surface area contributed by atoms with Crippen molar-refractivity contribution in [2.24, 2.45) is 0 Å². The Labute approximate surface area is 49.5 Å². The second-order valence-corrected chi connectivity index (χ2v) is 1.69. The molecule has 0 aliphatic carbocycles. The van der Waals surface area contributed by atoms with E-state index in [0.717, 1.165) is 0 Å². The van der Waals surface area contributed by atoms with Crippen LogP contribution >= 0.6 is 0 Å². The monoisotopic (exact) mass is 111 g/mol. The summed E-state index contributed by atoms with van der Waals surface area (Å²) in [5, 5.41) is 0. The molecule has 0 bridgehead atoms. The molecule has 0 unspecified atom stereocenters. The van der Waals surface area contributed by atoms with Crippen LogP contribution in [-0.2, 0) is 4.79 Å². The van der Waals surface area contributed by atoms with Gasteiger partial charge in [-0.05, 0) is 5.92 Å². The molecule has 0 fully saturated rings. The van der Waals surface area contributed by atoms with Crippen LogP contribution < -0.4 is 0 Å². The summed E-state index contributed by atoms with van der Waals surface area (Å²) in [5.41, 5.74) is 0. The number of hydrogen-bond donors (Lipinski definition) is 0. The lowest BCUT2D eigenvalue weighted by Gasteiger charge is -1.95. The second-order valence-electron chi connectivity index (χ2n) is 1.69. The summed E-state index contributed by atoms with van der Waals surface area (Å²) in [5.74, 6) is 2.28. The van der Waals surface area contributed by atoms with Crippen LogP contribution in [-0.4, -0.2) is 24.8 Å². The summed E-state index contributed by atoms with van der Waals surface area (Å²) in [6.45, 7) is 1.44. The van der Waals surface area contributed by atoms with Gasteiger partial charge in [-0.3, -0.25) is 4.79 Å². The average molecular weight is 111 g/mol. The van der Waals surface area contributed by atoms with Gasteiger partial charge in [0, 0.05) is 27.1 Å². The Morgan fingerprint density at radius 1 is 1.50 bits per heavy atom. The standard InChI is InChI=1S/C6H9NO/c1-6(8)4-5-7(2)3/h1-3H3. The molecule has 0 rings (SSSR count). The summed E-state index contributed by atoms with van der Waals surface area (Å²) < 4.78 is 0. The highest BCUT2D eigenvalue weighted by Gasteiger charge is 1.78. The zero-order chi connectivity index (χ0) is 6.57. The van der Waals surface area contributed by atoms with E-state index in [-0.39, 0.29) is 5.78 Å². The quantitative estimate of drug-likeness (QED) is 0.326. The van der Waals surface area contributed by atoms with Crippen molar-refractivity contribution >= 4 is 5.78 Å². The molecular formula is C6H9NO. The van der Waals surface area contributed by atoms with E-state index in [1.807, 2.05) is 0 Å². The summed E-state index contributed by atoms with van der Waals surface area (Å²) in [4.78, 5) is 11.8. The topological polar surface area (TPSA) is 20.3 Å². The number of carbonyl (C=O) groups is 1. The van der Waals surface area contributed by atoms with Gasteiger partial charge in [0.1, 0.15) is 0 Å². The van der Waals surface area contributed by atoms with E-state index in [9.17, 15) is 4.79 Å². The van der Waals surface area contributed by atoms with Crippen molar-refractivity contribution in [3.05, 3.63) is 0 Å². The maximum absolute atomic E-state index is 10.1. The summed E-state index contributed by atoms with van der Waals surface area (Å²) in [7, 11) is 3.58. The van der Waals surface area contributed by atoms with E-state index in [2.05, 4.69) is 12.0 Å². The Bertz CT molecular complexity index is 138. The van der Waals surface area contributed by atoms with Crippen LogP contribution in [0.1, 0.15) is 6.92 Å². The maximum Gasteiger partial charge on any atom is 0.204 e. The van der Waals surface area contributed by atoms with Crippen molar-refractivity contribution in [2.45, 2.75) is 6.92 Å². The molecule has 0 aromatic heterocycles. The molecule has 0 N–H and O–H groups in total. The Morgan fingerprint density at radius 3 is 2.12 bits per heavy atom. The van der Waals surface area contributed by atoms with Gasteiger partial charge < -0.3 is 4.90 Å². The van der Waals surface area contributed by atoms with Crippen molar-refractivity contribution in [1.82, 2.24) is 4.90 Å². The Morgan fingerprint density at radius 2 is 2.00 bits per heavy atom. The van der Waals surface area contributed by atoms with Crippen LogP contribution in [0.25, 0.3) is 0 Å². The summed E-state index contributed by atoms with van der Waals surface area (Å²) in [6.07, 6.45) is 0. The van der Waals surface area contributed by atoms with E-state index in [1.165, 1.54) is 6.92 Å². The lowest BCUT2D eigenvalue weighted by molar-refractivity contribution is -0.111. The van der Waals surface area contributed by atoms with E-state index in [1.54, 1.807) is 19.0 Å². The normalized spacial score (nSPS) is 6.88. The highest BCUT2D eigenvalue weighted by atomic mass is 16.1. The van der Waals surface area contributed by atoms with Crippen LogP contribution in [0.3, 0.4) is 0 Å². The van der Waals surface area contributed by atoms with Gasteiger partial charge in [0.2, 0.25) is 5.78 Å². The van der Waals surface area contributed by atoms with Crippen molar-refractivity contribution in [3.8, 4) is 12.0 Å². The zero-order valence-electron chi connectivity index (χ0n) is 5.36. The minimum absolute atomic E-state index is 0.0984. The molecule has 2 heteroatoms. The maximum atomic E-state index is 10.1. The molecular weight excluding hydrogens is 102 g/mol. The first-order valence-corrected chi connectivity index (χ1v) is 2.32. The van der Waals surface area contributed by atoms with Gasteiger partial charge in [-0.15, -0.1) is 0 Å². The lowest BCUT2D eigenvalue weighted by atomic mass is 10.5. The smallest absolute Gasteiger partial charge is 0.204 e.